The van der Waals surface area contributed by atoms with E-state index in [2.05, 4.69) is 5.32 Å². The third kappa shape index (κ3) is 4.33. The molecule has 0 aliphatic carbocycles. The van der Waals surface area contributed by atoms with E-state index in [0.29, 0.717) is 12.6 Å². The number of benzene rings is 1. The molecule has 1 aromatic carbocycles. The van der Waals surface area contributed by atoms with Gasteiger partial charge in [0.2, 0.25) is 0 Å². The quantitative estimate of drug-likeness (QED) is 0.812. The Morgan fingerprint density at radius 2 is 1.94 bits per heavy atom. The fraction of sp³-hybridized carbons (Fsp3) is 0.538. The zero-order chi connectivity index (χ0) is 13.7. The van der Waals surface area contributed by atoms with Crippen molar-refractivity contribution in [2.75, 3.05) is 27.2 Å². The molecule has 0 aromatic heterocycles. The first kappa shape index (κ1) is 15.0. The second kappa shape index (κ2) is 6.78. The van der Waals surface area contributed by atoms with Crippen LogP contribution >= 0.6 is 0 Å². The molecule has 0 saturated heterocycles. The molecule has 0 heterocycles. The fourth-order valence-corrected chi connectivity index (χ4v) is 1.49. The Morgan fingerprint density at radius 1 is 1.28 bits per heavy atom. The van der Waals surface area contributed by atoms with Crippen LogP contribution in [0.5, 0.6) is 0 Å². The predicted molar refractivity (Wildman–Crippen MR) is 67.3 cm³/mol. The molecule has 0 spiro atoms. The van der Waals surface area contributed by atoms with Crippen molar-refractivity contribution in [2.24, 2.45) is 0 Å². The van der Waals surface area contributed by atoms with Crippen LogP contribution in [0.1, 0.15) is 18.6 Å². The second-order valence-electron chi connectivity index (χ2n) is 4.65. The summed E-state index contributed by atoms with van der Waals surface area (Å²) in [6, 6.07) is 3.38. The summed E-state index contributed by atoms with van der Waals surface area (Å²) in [4.78, 5) is 2.03. The number of aliphatic hydroxyl groups is 1. The van der Waals surface area contributed by atoms with Crippen LogP contribution < -0.4 is 5.32 Å². The summed E-state index contributed by atoms with van der Waals surface area (Å²) in [7, 11) is 3.91. The third-order valence-corrected chi connectivity index (χ3v) is 2.98. The van der Waals surface area contributed by atoms with Crippen LogP contribution in [0.2, 0.25) is 0 Å². The van der Waals surface area contributed by atoms with Crippen LogP contribution in [0.25, 0.3) is 0 Å². The molecule has 0 fully saturated rings. The van der Waals surface area contributed by atoms with Crippen molar-refractivity contribution in [1.29, 1.82) is 0 Å². The Bertz CT molecular complexity index is 385. The molecule has 1 aromatic rings. The number of nitrogens with zero attached hydrogens (tertiary/aromatic N) is 1. The van der Waals surface area contributed by atoms with Crippen molar-refractivity contribution in [3.05, 3.63) is 35.4 Å². The molecule has 0 amide bonds. The number of aliphatic hydroxyl groups excluding tert-OH is 1. The largest absolute Gasteiger partial charge is 0.387 e. The van der Waals surface area contributed by atoms with E-state index in [0.717, 1.165) is 18.2 Å². The maximum atomic E-state index is 13.4. The van der Waals surface area contributed by atoms with E-state index in [1.54, 1.807) is 0 Å². The number of nitrogens with one attached hydrogen (secondary N) is 1. The molecule has 3 nitrogen and oxygen atoms in total. The lowest BCUT2D eigenvalue weighted by Crippen LogP contribution is -2.37. The summed E-state index contributed by atoms with van der Waals surface area (Å²) >= 11 is 0. The normalized spacial score (nSPS) is 14.8. The van der Waals surface area contributed by atoms with Crippen LogP contribution in [0, 0.1) is 11.6 Å². The smallest absolute Gasteiger partial charge is 0.129 e. The van der Waals surface area contributed by atoms with Gasteiger partial charge in [-0.2, -0.15) is 0 Å². The highest BCUT2D eigenvalue weighted by Crippen LogP contribution is 2.17. The summed E-state index contributed by atoms with van der Waals surface area (Å²) in [5, 5.41) is 12.8. The first-order valence-electron chi connectivity index (χ1n) is 5.92. The summed E-state index contributed by atoms with van der Waals surface area (Å²) in [5.41, 5.74) is -0.0139. The molecule has 0 saturated carbocycles. The van der Waals surface area contributed by atoms with Gasteiger partial charge in [0, 0.05) is 24.7 Å². The minimum Gasteiger partial charge on any atom is -0.387 e. The zero-order valence-corrected chi connectivity index (χ0v) is 11.0. The first-order chi connectivity index (χ1) is 8.41. The Balaban J connectivity index is 2.50. The lowest BCUT2D eigenvalue weighted by atomic mass is 10.1. The van der Waals surface area contributed by atoms with Gasteiger partial charge in [-0.15, -0.1) is 0 Å². The van der Waals surface area contributed by atoms with E-state index in [-0.39, 0.29) is 12.1 Å². The summed E-state index contributed by atoms with van der Waals surface area (Å²) < 4.78 is 26.3. The molecule has 0 aliphatic heterocycles. The maximum Gasteiger partial charge on any atom is 0.129 e. The summed E-state index contributed by atoms with van der Waals surface area (Å²) in [6.45, 7) is 2.89. The lowest BCUT2D eigenvalue weighted by Gasteiger charge is -2.21. The van der Waals surface area contributed by atoms with Crippen molar-refractivity contribution < 1.29 is 13.9 Å². The van der Waals surface area contributed by atoms with Gasteiger partial charge in [0.1, 0.15) is 11.6 Å². The van der Waals surface area contributed by atoms with E-state index in [9.17, 15) is 13.9 Å². The van der Waals surface area contributed by atoms with Crippen LogP contribution in [0.3, 0.4) is 0 Å². The molecule has 2 N–H and O–H groups in total. The molecular formula is C13H20F2N2O. The molecule has 0 radical (unpaired) electrons. The summed E-state index contributed by atoms with van der Waals surface area (Å²) in [6.07, 6.45) is -1.05. The molecule has 2 unspecified atom stereocenters. The van der Waals surface area contributed by atoms with E-state index in [4.69, 9.17) is 0 Å². The average Bonchev–Trinajstić information content (AvgIpc) is 2.31. The molecule has 2 atom stereocenters. The van der Waals surface area contributed by atoms with Gasteiger partial charge < -0.3 is 15.3 Å². The first-order valence-corrected chi connectivity index (χ1v) is 5.92. The van der Waals surface area contributed by atoms with E-state index in [1.165, 1.54) is 0 Å². The second-order valence-corrected chi connectivity index (χ2v) is 4.65. The zero-order valence-electron chi connectivity index (χ0n) is 11.0. The number of hydrogen-bond acceptors (Lipinski definition) is 3. The van der Waals surface area contributed by atoms with Crippen LogP contribution in [-0.4, -0.2) is 43.2 Å². The number of rotatable bonds is 6. The highest BCUT2D eigenvalue weighted by atomic mass is 19.1. The van der Waals surface area contributed by atoms with Gasteiger partial charge in [-0.25, -0.2) is 8.78 Å². The SMILES string of the molecule is CC(CNCC(O)c1cc(F)ccc1F)N(C)C. The van der Waals surface area contributed by atoms with Gasteiger partial charge in [0.25, 0.3) is 0 Å². The highest BCUT2D eigenvalue weighted by Gasteiger charge is 2.14. The van der Waals surface area contributed by atoms with Crippen molar-refractivity contribution in [2.45, 2.75) is 19.1 Å². The van der Waals surface area contributed by atoms with Gasteiger partial charge in [-0.1, -0.05) is 0 Å². The monoisotopic (exact) mass is 258 g/mol. The molecule has 0 aliphatic rings. The van der Waals surface area contributed by atoms with E-state index in [1.807, 2.05) is 25.9 Å². The Morgan fingerprint density at radius 3 is 2.56 bits per heavy atom. The fourth-order valence-electron chi connectivity index (χ4n) is 1.49. The van der Waals surface area contributed by atoms with Crippen molar-refractivity contribution in [1.82, 2.24) is 10.2 Å². The Kier molecular flexibility index (Phi) is 5.65. The van der Waals surface area contributed by atoms with E-state index < -0.39 is 17.7 Å². The van der Waals surface area contributed by atoms with Crippen LogP contribution in [-0.2, 0) is 0 Å². The van der Waals surface area contributed by atoms with Crippen molar-refractivity contribution in [3.8, 4) is 0 Å². The number of hydrogen-bond donors (Lipinski definition) is 2. The molecule has 102 valence electrons. The van der Waals surface area contributed by atoms with Crippen LogP contribution in [0.15, 0.2) is 18.2 Å². The Labute approximate surface area is 106 Å². The topological polar surface area (TPSA) is 35.5 Å². The van der Waals surface area contributed by atoms with Gasteiger partial charge in [0.15, 0.2) is 0 Å². The Hall–Kier alpha value is -1.04. The van der Waals surface area contributed by atoms with E-state index >= 15 is 0 Å². The molecule has 0 bridgehead atoms. The van der Waals surface area contributed by atoms with Crippen molar-refractivity contribution in [3.63, 3.8) is 0 Å². The van der Waals surface area contributed by atoms with Crippen LogP contribution in [0.4, 0.5) is 8.78 Å². The molecule has 1 rings (SSSR count). The van der Waals surface area contributed by atoms with Crippen molar-refractivity contribution >= 4 is 0 Å². The summed E-state index contributed by atoms with van der Waals surface area (Å²) in [5.74, 6) is -1.14. The predicted octanol–water partition coefficient (Wildman–Crippen LogP) is 1.54. The van der Waals surface area contributed by atoms with Gasteiger partial charge in [-0.05, 0) is 39.2 Å². The van der Waals surface area contributed by atoms with Gasteiger partial charge >= 0.3 is 0 Å². The maximum absolute atomic E-state index is 13.4. The average molecular weight is 258 g/mol. The molecule has 18 heavy (non-hydrogen) atoms. The number of halogens is 2. The minimum absolute atomic E-state index is 0.0139. The standard InChI is InChI=1S/C13H20F2N2O/c1-9(17(2)3)7-16-8-13(18)11-6-10(14)4-5-12(11)15/h4-6,9,13,16,18H,7-8H2,1-3H3. The van der Waals surface area contributed by atoms with Gasteiger partial charge in [-0.3, -0.25) is 0 Å². The highest BCUT2D eigenvalue weighted by molar-refractivity contribution is 5.21. The molecule has 5 heteroatoms. The minimum atomic E-state index is -1.05. The number of likely N-dealkylation sites (N-methyl/N-ethyl adjacent to an activating group) is 1. The molecular weight excluding hydrogens is 238 g/mol. The third-order valence-electron chi connectivity index (χ3n) is 2.98. The van der Waals surface area contributed by atoms with Gasteiger partial charge in [0.05, 0.1) is 6.10 Å². The lowest BCUT2D eigenvalue weighted by molar-refractivity contribution is 0.165.